The Balaban J connectivity index is 2.13. The van der Waals surface area contributed by atoms with Gasteiger partial charge < -0.3 is 15.7 Å². The number of carbonyl (C=O) groups is 2. The van der Waals surface area contributed by atoms with Crippen molar-refractivity contribution in [1.82, 2.24) is 15.2 Å². The molecule has 1 aromatic heterocycles. The van der Waals surface area contributed by atoms with E-state index in [1.165, 1.54) is 4.90 Å². The molecule has 0 bridgehead atoms. The molecule has 0 unspecified atom stereocenters. The van der Waals surface area contributed by atoms with Crippen molar-refractivity contribution in [3.63, 3.8) is 0 Å². The first-order valence-electron chi connectivity index (χ1n) is 5.10. The van der Waals surface area contributed by atoms with Crippen LogP contribution in [0.5, 0.6) is 0 Å². The van der Waals surface area contributed by atoms with Crippen LogP contribution in [0.1, 0.15) is 17.4 Å². The summed E-state index contributed by atoms with van der Waals surface area (Å²) in [5.41, 5.74) is 5.34. The van der Waals surface area contributed by atoms with Crippen molar-refractivity contribution in [2.75, 3.05) is 18.8 Å². The maximum Gasteiger partial charge on any atom is 0.308 e. The second kappa shape index (κ2) is 4.04. The van der Waals surface area contributed by atoms with Gasteiger partial charge in [-0.05, 0) is 16.2 Å². The Morgan fingerprint density at radius 1 is 1.47 bits per heavy atom. The highest BCUT2D eigenvalue weighted by atomic mass is 16.6. The van der Waals surface area contributed by atoms with Gasteiger partial charge in [-0.3, -0.25) is 9.59 Å². The molecule has 1 fully saturated rings. The monoisotopic (exact) mass is 240 g/mol. The molecule has 1 aliphatic rings. The van der Waals surface area contributed by atoms with Crippen molar-refractivity contribution in [2.24, 2.45) is 11.8 Å². The second-order valence-corrected chi connectivity index (χ2v) is 4.13. The number of carboxylic acids is 1. The van der Waals surface area contributed by atoms with Gasteiger partial charge in [-0.2, -0.15) is 0 Å². The largest absolute Gasteiger partial charge is 0.481 e. The molecular formula is C9H12N4O4. The Labute approximate surface area is 96.3 Å². The van der Waals surface area contributed by atoms with Gasteiger partial charge in [0.15, 0.2) is 0 Å². The van der Waals surface area contributed by atoms with Crippen LogP contribution >= 0.6 is 0 Å². The summed E-state index contributed by atoms with van der Waals surface area (Å²) in [6.07, 6.45) is 0. The molecule has 2 atom stereocenters. The smallest absolute Gasteiger partial charge is 0.308 e. The van der Waals surface area contributed by atoms with Crippen LogP contribution in [0.15, 0.2) is 4.63 Å². The van der Waals surface area contributed by atoms with Crippen LogP contribution in [0.25, 0.3) is 0 Å². The van der Waals surface area contributed by atoms with Crippen molar-refractivity contribution in [3.8, 4) is 0 Å². The van der Waals surface area contributed by atoms with Gasteiger partial charge in [-0.15, -0.1) is 0 Å². The third-order valence-electron chi connectivity index (χ3n) is 2.93. The van der Waals surface area contributed by atoms with Crippen LogP contribution < -0.4 is 5.73 Å². The lowest BCUT2D eigenvalue weighted by atomic mass is 9.99. The van der Waals surface area contributed by atoms with E-state index in [4.69, 9.17) is 10.8 Å². The molecule has 1 amide bonds. The van der Waals surface area contributed by atoms with Crippen LogP contribution in [-0.2, 0) is 4.79 Å². The van der Waals surface area contributed by atoms with E-state index in [1.54, 1.807) is 6.92 Å². The first-order valence-corrected chi connectivity index (χ1v) is 5.10. The minimum absolute atomic E-state index is 0.0664. The number of likely N-dealkylation sites (tertiary alicyclic amines) is 1. The molecule has 0 aromatic carbocycles. The van der Waals surface area contributed by atoms with Gasteiger partial charge >= 0.3 is 5.97 Å². The van der Waals surface area contributed by atoms with Crippen molar-refractivity contribution in [1.29, 1.82) is 0 Å². The molecule has 1 saturated heterocycles. The van der Waals surface area contributed by atoms with Gasteiger partial charge in [0.05, 0.1) is 5.92 Å². The molecule has 0 spiro atoms. The van der Waals surface area contributed by atoms with Gasteiger partial charge in [0.2, 0.25) is 11.5 Å². The Kier molecular flexibility index (Phi) is 2.70. The highest BCUT2D eigenvalue weighted by Gasteiger charge is 2.38. The molecule has 0 radical (unpaired) electrons. The zero-order chi connectivity index (χ0) is 12.6. The Hall–Kier alpha value is -2.12. The van der Waals surface area contributed by atoms with Crippen LogP contribution in [0.2, 0.25) is 0 Å². The van der Waals surface area contributed by atoms with Gasteiger partial charge in [0.1, 0.15) is 0 Å². The number of amides is 1. The Morgan fingerprint density at radius 2 is 2.18 bits per heavy atom. The zero-order valence-corrected chi connectivity index (χ0v) is 9.16. The number of aromatic nitrogens is 2. The summed E-state index contributed by atoms with van der Waals surface area (Å²) in [7, 11) is 0. The molecule has 2 rings (SSSR count). The Morgan fingerprint density at radius 3 is 2.65 bits per heavy atom. The highest BCUT2D eigenvalue weighted by Crippen LogP contribution is 2.25. The van der Waals surface area contributed by atoms with Crippen molar-refractivity contribution >= 4 is 17.7 Å². The van der Waals surface area contributed by atoms with E-state index in [2.05, 4.69) is 14.9 Å². The molecule has 8 nitrogen and oxygen atoms in total. The van der Waals surface area contributed by atoms with E-state index in [9.17, 15) is 9.59 Å². The molecule has 1 aromatic rings. The fraction of sp³-hybridized carbons (Fsp3) is 0.556. The zero-order valence-electron chi connectivity index (χ0n) is 9.16. The first kappa shape index (κ1) is 11.4. The number of rotatable bonds is 2. The number of hydrogen-bond acceptors (Lipinski definition) is 6. The van der Waals surface area contributed by atoms with E-state index in [0.29, 0.717) is 6.54 Å². The average molecular weight is 240 g/mol. The van der Waals surface area contributed by atoms with Crippen LogP contribution in [0.3, 0.4) is 0 Å². The fourth-order valence-electron chi connectivity index (χ4n) is 1.95. The lowest BCUT2D eigenvalue weighted by Gasteiger charge is -2.13. The summed E-state index contributed by atoms with van der Waals surface area (Å²) in [5, 5.41) is 15.7. The second-order valence-electron chi connectivity index (χ2n) is 4.13. The lowest BCUT2D eigenvalue weighted by Crippen LogP contribution is -2.30. The van der Waals surface area contributed by atoms with Gasteiger partial charge in [-0.1, -0.05) is 6.92 Å². The normalized spacial score (nSPS) is 23.9. The molecule has 92 valence electrons. The number of aliphatic carboxylic acids is 1. The lowest BCUT2D eigenvalue weighted by molar-refractivity contribution is -0.142. The third kappa shape index (κ3) is 1.93. The molecule has 3 N–H and O–H groups in total. The number of carboxylic acid groups (broad SMARTS) is 1. The van der Waals surface area contributed by atoms with Crippen LogP contribution in [-0.4, -0.2) is 45.3 Å². The topological polar surface area (TPSA) is 123 Å². The molecular weight excluding hydrogens is 228 g/mol. The standard InChI is InChI=1S/C9H12N4O4/c1-4-2-13(3-5(4)9(15)16)8(14)6-7(10)12-17-11-6/h4-5H,2-3H2,1H3,(H2,10,12)(H,15,16)/t4-,5-/m1/s1. The van der Waals surface area contributed by atoms with Crippen molar-refractivity contribution in [3.05, 3.63) is 5.69 Å². The number of nitrogens with zero attached hydrogens (tertiary/aromatic N) is 3. The summed E-state index contributed by atoms with van der Waals surface area (Å²) >= 11 is 0. The fourth-order valence-corrected chi connectivity index (χ4v) is 1.95. The molecule has 17 heavy (non-hydrogen) atoms. The number of nitrogen functional groups attached to an aromatic ring is 1. The molecule has 1 aliphatic heterocycles. The molecule has 2 heterocycles. The van der Waals surface area contributed by atoms with Crippen molar-refractivity contribution in [2.45, 2.75) is 6.92 Å². The maximum atomic E-state index is 11.9. The highest BCUT2D eigenvalue weighted by molar-refractivity contribution is 5.96. The number of nitrogens with two attached hydrogens (primary N) is 1. The summed E-state index contributed by atoms with van der Waals surface area (Å²) in [4.78, 5) is 24.3. The van der Waals surface area contributed by atoms with Crippen LogP contribution in [0, 0.1) is 11.8 Å². The average Bonchev–Trinajstić information content (AvgIpc) is 2.83. The minimum Gasteiger partial charge on any atom is -0.481 e. The van der Waals surface area contributed by atoms with E-state index in [1.807, 2.05) is 0 Å². The number of hydrogen-bond donors (Lipinski definition) is 2. The quantitative estimate of drug-likeness (QED) is 0.710. The molecule has 0 saturated carbocycles. The van der Waals surface area contributed by atoms with Gasteiger partial charge in [0, 0.05) is 13.1 Å². The van der Waals surface area contributed by atoms with Crippen molar-refractivity contribution < 1.29 is 19.3 Å². The molecule has 0 aliphatic carbocycles. The van der Waals surface area contributed by atoms with E-state index >= 15 is 0 Å². The summed E-state index contributed by atoms with van der Waals surface area (Å²) < 4.78 is 4.34. The first-order chi connectivity index (χ1) is 8.00. The number of anilines is 1. The molecule has 8 heteroatoms. The minimum atomic E-state index is -0.904. The maximum absolute atomic E-state index is 11.9. The van der Waals surface area contributed by atoms with E-state index < -0.39 is 17.8 Å². The summed E-state index contributed by atoms with van der Waals surface area (Å²) in [6, 6.07) is 0. The number of carbonyl (C=O) groups excluding carboxylic acids is 1. The summed E-state index contributed by atoms with van der Waals surface area (Å²) in [6.45, 7) is 2.31. The predicted molar refractivity (Wildman–Crippen MR) is 54.9 cm³/mol. The SMILES string of the molecule is C[C@@H]1CN(C(=O)c2nonc2N)C[C@H]1C(=O)O. The summed E-state index contributed by atoms with van der Waals surface area (Å²) in [5.74, 6) is -2.09. The van der Waals surface area contributed by atoms with E-state index in [-0.39, 0.29) is 24.0 Å². The Bertz CT molecular complexity index is 458. The van der Waals surface area contributed by atoms with Gasteiger partial charge in [0.25, 0.3) is 5.91 Å². The van der Waals surface area contributed by atoms with Gasteiger partial charge in [-0.25, -0.2) is 4.63 Å². The van der Waals surface area contributed by atoms with Crippen LogP contribution in [0.4, 0.5) is 5.82 Å². The van der Waals surface area contributed by atoms with E-state index in [0.717, 1.165) is 0 Å². The predicted octanol–water partition coefficient (Wildman–Crippen LogP) is -0.555. The third-order valence-corrected chi connectivity index (χ3v) is 2.93.